The molecule has 0 amide bonds. The summed E-state index contributed by atoms with van der Waals surface area (Å²) in [4.78, 5) is 0. The molecule has 1 heterocycles. The number of rotatable bonds is 3. The molecule has 0 radical (unpaired) electrons. The van der Waals surface area contributed by atoms with E-state index >= 15 is 0 Å². The molecule has 1 aromatic rings. The van der Waals surface area contributed by atoms with Crippen molar-refractivity contribution in [2.24, 2.45) is 22.2 Å². The normalized spacial score (nSPS) is 47.6. The van der Waals surface area contributed by atoms with Crippen LogP contribution in [0.3, 0.4) is 0 Å². The first kappa shape index (κ1) is 12.9. The third kappa shape index (κ3) is 1.95. The summed E-state index contributed by atoms with van der Waals surface area (Å²) < 4.78 is 5.41. The molecule has 4 fully saturated rings. The molecule has 2 nitrogen and oxygen atoms in total. The van der Waals surface area contributed by atoms with Crippen molar-refractivity contribution in [3.05, 3.63) is 24.2 Å². The highest BCUT2D eigenvalue weighted by Crippen LogP contribution is 2.71. The summed E-state index contributed by atoms with van der Waals surface area (Å²) in [5, 5.41) is 10.5. The van der Waals surface area contributed by atoms with Gasteiger partial charge in [0.25, 0.3) is 0 Å². The van der Waals surface area contributed by atoms with E-state index in [1.54, 1.807) is 6.26 Å². The van der Waals surface area contributed by atoms with Crippen LogP contribution in [0.15, 0.2) is 22.8 Å². The van der Waals surface area contributed by atoms with E-state index in [4.69, 9.17) is 4.42 Å². The second kappa shape index (κ2) is 3.91. The van der Waals surface area contributed by atoms with Crippen LogP contribution < -0.4 is 0 Å². The second-order valence-corrected chi connectivity index (χ2v) is 8.87. The van der Waals surface area contributed by atoms with Crippen LogP contribution in [0.5, 0.6) is 0 Å². The van der Waals surface area contributed by atoms with E-state index in [0.717, 1.165) is 18.1 Å². The Balaban J connectivity index is 1.61. The molecule has 110 valence electrons. The maximum atomic E-state index is 10.5. The molecule has 4 aliphatic rings. The van der Waals surface area contributed by atoms with Gasteiger partial charge in [-0.2, -0.15) is 0 Å². The minimum Gasteiger partial charge on any atom is -0.467 e. The van der Waals surface area contributed by atoms with Gasteiger partial charge in [0.2, 0.25) is 0 Å². The predicted molar refractivity (Wildman–Crippen MR) is 78.1 cm³/mol. The van der Waals surface area contributed by atoms with Crippen molar-refractivity contribution in [1.82, 2.24) is 0 Å². The van der Waals surface area contributed by atoms with Crippen molar-refractivity contribution in [3.8, 4) is 0 Å². The lowest BCUT2D eigenvalue weighted by molar-refractivity contribution is -0.158. The van der Waals surface area contributed by atoms with Gasteiger partial charge in [-0.25, -0.2) is 0 Å². The fourth-order valence-corrected chi connectivity index (χ4v) is 6.90. The largest absolute Gasteiger partial charge is 0.467 e. The summed E-state index contributed by atoms with van der Waals surface area (Å²) in [5.74, 6) is 1.64. The van der Waals surface area contributed by atoms with Crippen molar-refractivity contribution in [1.29, 1.82) is 0 Å². The highest BCUT2D eigenvalue weighted by atomic mass is 16.4. The molecule has 20 heavy (non-hydrogen) atoms. The maximum Gasteiger partial charge on any atom is 0.132 e. The van der Waals surface area contributed by atoms with E-state index < -0.39 is 6.10 Å². The number of hydrogen-bond donors (Lipinski definition) is 1. The Morgan fingerprint density at radius 2 is 1.90 bits per heavy atom. The zero-order valence-electron chi connectivity index (χ0n) is 12.7. The monoisotopic (exact) mass is 274 g/mol. The Morgan fingerprint density at radius 1 is 1.20 bits per heavy atom. The quantitative estimate of drug-likeness (QED) is 0.866. The lowest BCUT2D eigenvalue weighted by Crippen LogP contribution is -2.55. The van der Waals surface area contributed by atoms with E-state index in [0.29, 0.717) is 16.2 Å². The molecule has 1 N–H and O–H groups in total. The molecule has 4 bridgehead atoms. The highest BCUT2D eigenvalue weighted by Gasteiger charge is 2.60. The van der Waals surface area contributed by atoms with E-state index in [-0.39, 0.29) is 0 Å². The lowest BCUT2D eigenvalue weighted by Gasteiger charge is -2.66. The SMILES string of the molecule is CC12CC3CC(C)(C1)CC(CC(O)c1ccco1)(C3)C2. The fraction of sp³-hybridized carbons (Fsp3) is 0.778. The standard InChI is InChI=1S/C18H26O2/c1-16-6-13-7-17(2,10-16)12-18(8-13,11-16)9-14(19)15-4-3-5-20-15/h3-5,13-14,19H,6-12H2,1-2H3. The molecular formula is C18H26O2. The molecule has 3 unspecified atom stereocenters. The second-order valence-electron chi connectivity index (χ2n) is 8.87. The van der Waals surface area contributed by atoms with Gasteiger partial charge in [0.05, 0.1) is 6.26 Å². The summed E-state index contributed by atoms with van der Waals surface area (Å²) in [7, 11) is 0. The topological polar surface area (TPSA) is 33.4 Å². The lowest BCUT2D eigenvalue weighted by atomic mass is 9.39. The van der Waals surface area contributed by atoms with Crippen molar-refractivity contribution >= 4 is 0 Å². The molecule has 2 heteroatoms. The summed E-state index contributed by atoms with van der Waals surface area (Å²) in [6.45, 7) is 4.98. The minimum atomic E-state index is -0.423. The van der Waals surface area contributed by atoms with Crippen LogP contribution in [0.25, 0.3) is 0 Å². The Bertz CT molecular complexity index is 485. The zero-order chi connectivity index (χ0) is 14.0. The van der Waals surface area contributed by atoms with Crippen molar-refractivity contribution in [2.45, 2.75) is 64.9 Å². The molecule has 0 spiro atoms. The molecule has 0 saturated heterocycles. The van der Waals surface area contributed by atoms with E-state index in [1.165, 1.54) is 38.5 Å². The van der Waals surface area contributed by atoms with Crippen LogP contribution in [0.1, 0.15) is 70.7 Å². The zero-order valence-corrected chi connectivity index (χ0v) is 12.7. The van der Waals surface area contributed by atoms with Crippen LogP contribution in [0.2, 0.25) is 0 Å². The fourth-order valence-electron chi connectivity index (χ4n) is 6.90. The molecule has 0 aliphatic heterocycles. The van der Waals surface area contributed by atoms with E-state index in [1.807, 2.05) is 12.1 Å². The van der Waals surface area contributed by atoms with Crippen LogP contribution in [-0.2, 0) is 0 Å². The molecule has 4 aliphatic carbocycles. The summed E-state index contributed by atoms with van der Waals surface area (Å²) in [5.41, 5.74) is 1.41. The summed E-state index contributed by atoms with van der Waals surface area (Å²) in [6.07, 6.45) is 10.3. The van der Waals surface area contributed by atoms with Gasteiger partial charge in [0, 0.05) is 0 Å². The van der Waals surface area contributed by atoms with E-state index in [2.05, 4.69) is 13.8 Å². The van der Waals surface area contributed by atoms with Crippen molar-refractivity contribution < 1.29 is 9.52 Å². The summed E-state index contributed by atoms with van der Waals surface area (Å²) in [6, 6.07) is 3.79. The molecule has 4 saturated carbocycles. The van der Waals surface area contributed by atoms with Gasteiger partial charge >= 0.3 is 0 Å². The number of aliphatic hydroxyl groups is 1. The van der Waals surface area contributed by atoms with Gasteiger partial charge in [-0.05, 0) is 79.2 Å². The number of furan rings is 1. The first-order chi connectivity index (χ1) is 9.40. The van der Waals surface area contributed by atoms with Gasteiger partial charge in [-0.3, -0.25) is 0 Å². The third-order valence-corrected chi connectivity index (χ3v) is 6.24. The van der Waals surface area contributed by atoms with Gasteiger partial charge in [-0.15, -0.1) is 0 Å². The predicted octanol–water partition coefficient (Wildman–Crippen LogP) is 4.70. The Morgan fingerprint density at radius 3 is 2.45 bits per heavy atom. The van der Waals surface area contributed by atoms with E-state index in [9.17, 15) is 5.11 Å². The van der Waals surface area contributed by atoms with Gasteiger partial charge < -0.3 is 9.52 Å². The average Bonchev–Trinajstić information content (AvgIpc) is 2.75. The van der Waals surface area contributed by atoms with Gasteiger partial charge in [0.15, 0.2) is 0 Å². The molecule has 0 aromatic carbocycles. The molecular weight excluding hydrogens is 248 g/mol. The minimum absolute atomic E-state index is 0.356. The third-order valence-electron chi connectivity index (χ3n) is 6.24. The van der Waals surface area contributed by atoms with Crippen molar-refractivity contribution in [3.63, 3.8) is 0 Å². The number of hydrogen-bond acceptors (Lipinski definition) is 2. The summed E-state index contributed by atoms with van der Waals surface area (Å²) >= 11 is 0. The number of aliphatic hydroxyl groups excluding tert-OH is 1. The van der Waals surface area contributed by atoms with Crippen LogP contribution in [0, 0.1) is 22.2 Å². The van der Waals surface area contributed by atoms with Crippen molar-refractivity contribution in [2.75, 3.05) is 0 Å². The first-order valence-electron chi connectivity index (χ1n) is 8.11. The molecule has 1 aromatic heterocycles. The van der Waals surface area contributed by atoms with Crippen LogP contribution >= 0.6 is 0 Å². The molecule has 3 atom stereocenters. The molecule has 5 rings (SSSR count). The smallest absolute Gasteiger partial charge is 0.132 e. The highest BCUT2D eigenvalue weighted by molar-refractivity contribution is 5.12. The van der Waals surface area contributed by atoms with Crippen LogP contribution in [-0.4, -0.2) is 5.11 Å². The Hall–Kier alpha value is -0.760. The first-order valence-corrected chi connectivity index (χ1v) is 8.11. The maximum absolute atomic E-state index is 10.5. The van der Waals surface area contributed by atoms with Gasteiger partial charge in [0.1, 0.15) is 11.9 Å². The average molecular weight is 274 g/mol. The van der Waals surface area contributed by atoms with Gasteiger partial charge in [-0.1, -0.05) is 13.8 Å². The Kier molecular flexibility index (Phi) is 2.53. The van der Waals surface area contributed by atoms with Crippen LogP contribution in [0.4, 0.5) is 0 Å². The Labute approximate surface area is 121 Å².